The molecule has 0 aromatic carbocycles. The molecule has 0 saturated heterocycles. The molecule has 2 aromatic rings. The molecular weight excluding hydrogens is 218 g/mol. The van der Waals surface area contributed by atoms with Gasteiger partial charge in [0.15, 0.2) is 0 Å². The summed E-state index contributed by atoms with van der Waals surface area (Å²) in [6.45, 7) is 0.846. The van der Waals surface area contributed by atoms with Crippen LogP contribution in [0.4, 0.5) is 0 Å². The second-order valence-corrected chi connectivity index (χ2v) is 4.92. The molecule has 1 unspecified atom stereocenters. The van der Waals surface area contributed by atoms with Gasteiger partial charge in [0.2, 0.25) is 0 Å². The lowest BCUT2D eigenvalue weighted by Gasteiger charge is -2.11. The van der Waals surface area contributed by atoms with E-state index in [2.05, 4.69) is 21.4 Å². The maximum atomic E-state index is 4.46. The van der Waals surface area contributed by atoms with Gasteiger partial charge >= 0.3 is 0 Å². The molecule has 1 N–H and O–H groups in total. The molecule has 0 fully saturated rings. The van der Waals surface area contributed by atoms with Gasteiger partial charge in [-0.05, 0) is 24.5 Å². The Balaban J connectivity index is 1.69. The first-order chi connectivity index (χ1) is 7.93. The van der Waals surface area contributed by atoms with Crippen LogP contribution in [0.5, 0.6) is 0 Å². The lowest BCUT2D eigenvalue weighted by molar-refractivity contribution is 0.520. The lowest BCUT2D eigenvalue weighted by atomic mass is 10.2. The van der Waals surface area contributed by atoms with Crippen molar-refractivity contribution < 1.29 is 0 Å². The molecule has 0 aliphatic heterocycles. The van der Waals surface area contributed by atoms with E-state index >= 15 is 0 Å². The Hall–Kier alpha value is -1.26. The zero-order valence-corrected chi connectivity index (χ0v) is 9.70. The molecule has 1 aliphatic rings. The van der Waals surface area contributed by atoms with E-state index in [1.165, 1.54) is 11.3 Å². The summed E-state index contributed by atoms with van der Waals surface area (Å²) in [6, 6.07) is 4.59. The standard InChI is InChI=1S/C12H13N3S/c1-2-9-3-4-10(12(9)14-5-1)15-8-11-13-6-7-16-11/h1-2,5-7,10,15H,3-4,8H2. The van der Waals surface area contributed by atoms with E-state index in [0.717, 1.165) is 24.4 Å². The fraction of sp³-hybridized carbons (Fsp3) is 0.333. The van der Waals surface area contributed by atoms with E-state index in [0.29, 0.717) is 6.04 Å². The number of nitrogens with one attached hydrogen (secondary N) is 1. The Morgan fingerprint density at radius 2 is 2.38 bits per heavy atom. The van der Waals surface area contributed by atoms with Crippen LogP contribution >= 0.6 is 11.3 Å². The number of hydrogen-bond acceptors (Lipinski definition) is 4. The minimum Gasteiger partial charge on any atom is -0.302 e. The summed E-state index contributed by atoms with van der Waals surface area (Å²) in [6.07, 6.45) is 6.02. The highest BCUT2D eigenvalue weighted by Gasteiger charge is 2.22. The van der Waals surface area contributed by atoms with Crippen molar-refractivity contribution in [2.75, 3.05) is 0 Å². The highest BCUT2D eigenvalue weighted by molar-refractivity contribution is 7.09. The monoisotopic (exact) mass is 231 g/mol. The fourth-order valence-corrected chi connectivity index (χ4v) is 2.73. The number of hydrogen-bond donors (Lipinski definition) is 1. The number of aryl methyl sites for hydroxylation is 1. The van der Waals surface area contributed by atoms with Crippen molar-refractivity contribution in [3.05, 3.63) is 46.2 Å². The second kappa shape index (κ2) is 4.31. The lowest BCUT2D eigenvalue weighted by Crippen LogP contribution is -2.19. The van der Waals surface area contributed by atoms with E-state index in [1.54, 1.807) is 11.3 Å². The molecule has 0 bridgehead atoms. The predicted molar refractivity (Wildman–Crippen MR) is 64.3 cm³/mol. The first-order valence-electron chi connectivity index (χ1n) is 5.49. The molecule has 0 spiro atoms. The van der Waals surface area contributed by atoms with Gasteiger partial charge in [0.05, 0.1) is 11.7 Å². The van der Waals surface area contributed by atoms with Gasteiger partial charge in [-0.2, -0.15) is 0 Å². The van der Waals surface area contributed by atoms with E-state index in [4.69, 9.17) is 0 Å². The van der Waals surface area contributed by atoms with Crippen molar-refractivity contribution in [1.82, 2.24) is 15.3 Å². The van der Waals surface area contributed by atoms with Gasteiger partial charge in [-0.3, -0.25) is 4.98 Å². The molecule has 2 aromatic heterocycles. The molecular formula is C12H13N3S. The molecule has 1 atom stereocenters. The minimum absolute atomic E-state index is 0.403. The molecule has 16 heavy (non-hydrogen) atoms. The van der Waals surface area contributed by atoms with Crippen LogP contribution in [0.15, 0.2) is 29.9 Å². The predicted octanol–water partition coefficient (Wildman–Crippen LogP) is 2.32. The summed E-state index contributed by atoms with van der Waals surface area (Å²) in [5.74, 6) is 0. The van der Waals surface area contributed by atoms with Crippen molar-refractivity contribution in [3.8, 4) is 0 Å². The molecule has 1 aliphatic carbocycles. The SMILES string of the molecule is c1cnc2c(c1)CCC2NCc1nccs1. The van der Waals surface area contributed by atoms with Crippen molar-refractivity contribution in [2.24, 2.45) is 0 Å². The van der Waals surface area contributed by atoms with Gasteiger partial charge in [-0.15, -0.1) is 11.3 Å². The van der Waals surface area contributed by atoms with E-state index in [9.17, 15) is 0 Å². The number of fused-ring (bicyclic) bond motifs is 1. The molecule has 0 radical (unpaired) electrons. The Bertz CT molecular complexity index is 467. The average molecular weight is 231 g/mol. The summed E-state index contributed by atoms with van der Waals surface area (Å²) in [5.41, 5.74) is 2.61. The Labute approximate surface area is 98.6 Å². The summed E-state index contributed by atoms with van der Waals surface area (Å²) < 4.78 is 0. The second-order valence-electron chi connectivity index (χ2n) is 3.95. The van der Waals surface area contributed by atoms with Gasteiger partial charge in [0, 0.05) is 24.3 Å². The van der Waals surface area contributed by atoms with Crippen molar-refractivity contribution >= 4 is 11.3 Å². The quantitative estimate of drug-likeness (QED) is 0.881. The zero-order valence-electron chi connectivity index (χ0n) is 8.89. The maximum absolute atomic E-state index is 4.46. The Morgan fingerprint density at radius 3 is 3.25 bits per heavy atom. The van der Waals surface area contributed by atoms with Crippen molar-refractivity contribution in [2.45, 2.75) is 25.4 Å². The van der Waals surface area contributed by atoms with Crippen molar-refractivity contribution in [3.63, 3.8) is 0 Å². The van der Waals surface area contributed by atoms with Gasteiger partial charge in [-0.25, -0.2) is 4.98 Å². The van der Waals surface area contributed by atoms with Gasteiger partial charge in [0.25, 0.3) is 0 Å². The number of pyridine rings is 1. The van der Waals surface area contributed by atoms with Crippen LogP contribution in [-0.4, -0.2) is 9.97 Å². The maximum Gasteiger partial charge on any atom is 0.106 e. The van der Waals surface area contributed by atoms with Crippen LogP contribution < -0.4 is 5.32 Å². The first-order valence-corrected chi connectivity index (χ1v) is 6.37. The smallest absolute Gasteiger partial charge is 0.106 e. The molecule has 0 saturated carbocycles. The number of aromatic nitrogens is 2. The molecule has 82 valence electrons. The highest BCUT2D eigenvalue weighted by atomic mass is 32.1. The third-order valence-corrected chi connectivity index (χ3v) is 3.72. The molecule has 0 amide bonds. The normalized spacial score (nSPS) is 18.6. The summed E-state index contributed by atoms with van der Waals surface area (Å²) in [5, 5.41) is 6.68. The van der Waals surface area contributed by atoms with Crippen LogP contribution in [0, 0.1) is 0 Å². The van der Waals surface area contributed by atoms with Gasteiger partial charge in [-0.1, -0.05) is 6.07 Å². The number of nitrogens with zero attached hydrogens (tertiary/aromatic N) is 2. The molecule has 4 heteroatoms. The number of rotatable bonds is 3. The van der Waals surface area contributed by atoms with Crippen LogP contribution in [0.2, 0.25) is 0 Å². The van der Waals surface area contributed by atoms with E-state index in [1.807, 2.05) is 23.8 Å². The summed E-state index contributed by atoms with van der Waals surface area (Å²) in [7, 11) is 0. The van der Waals surface area contributed by atoms with Gasteiger partial charge in [0.1, 0.15) is 5.01 Å². The Kier molecular flexibility index (Phi) is 2.68. The summed E-state index contributed by atoms with van der Waals surface area (Å²) in [4.78, 5) is 8.73. The highest BCUT2D eigenvalue weighted by Crippen LogP contribution is 2.28. The van der Waals surface area contributed by atoms with Crippen LogP contribution in [0.1, 0.15) is 28.7 Å². The first kappa shape index (κ1) is 9.93. The number of thiazole rings is 1. The van der Waals surface area contributed by atoms with Crippen LogP contribution in [0.25, 0.3) is 0 Å². The van der Waals surface area contributed by atoms with E-state index < -0.39 is 0 Å². The fourth-order valence-electron chi connectivity index (χ4n) is 2.16. The largest absolute Gasteiger partial charge is 0.302 e. The van der Waals surface area contributed by atoms with Crippen LogP contribution in [-0.2, 0) is 13.0 Å². The third kappa shape index (κ3) is 1.86. The topological polar surface area (TPSA) is 37.8 Å². The molecule has 3 rings (SSSR count). The van der Waals surface area contributed by atoms with Crippen LogP contribution in [0.3, 0.4) is 0 Å². The Morgan fingerprint density at radius 1 is 1.38 bits per heavy atom. The third-order valence-electron chi connectivity index (χ3n) is 2.94. The average Bonchev–Trinajstić information content (AvgIpc) is 2.96. The summed E-state index contributed by atoms with van der Waals surface area (Å²) >= 11 is 1.69. The minimum atomic E-state index is 0.403. The van der Waals surface area contributed by atoms with Gasteiger partial charge < -0.3 is 5.32 Å². The molecule has 2 heterocycles. The van der Waals surface area contributed by atoms with Crippen molar-refractivity contribution in [1.29, 1.82) is 0 Å². The zero-order chi connectivity index (χ0) is 10.8. The van der Waals surface area contributed by atoms with E-state index in [-0.39, 0.29) is 0 Å². The molecule has 3 nitrogen and oxygen atoms in total.